The Morgan fingerprint density at radius 3 is 2.34 bits per heavy atom. The van der Waals surface area contributed by atoms with E-state index >= 15 is 0 Å². The van der Waals surface area contributed by atoms with Gasteiger partial charge in [0.1, 0.15) is 0 Å². The Kier molecular flexibility index (Phi) is 5.21. The Balaban J connectivity index is 1.86. The van der Waals surface area contributed by atoms with E-state index in [0.29, 0.717) is 10.6 Å². The van der Waals surface area contributed by atoms with Crippen LogP contribution in [0.25, 0.3) is 10.9 Å². The van der Waals surface area contributed by atoms with Gasteiger partial charge in [0.05, 0.1) is 10.9 Å². The lowest BCUT2D eigenvalue weighted by molar-refractivity contribution is 0.572. The molecular formula is C23H21ClN2O2S. The van der Waals surface area contributed by atoms with Crippen molar-refractivity contribution in [3.05, 3.63) is 100 Å². The van der Waals surface area contributed by atoms with Crippen LogP contribution in [0.3, 0.4) is 0 Å². The molecule has 0 bridgehead atoms. The first-order valence-electron chi connectivity index (χ1n) is 9.27. The van der Waals surface area contributed by atoms with Crippen molar-refractivity contribution in [2.75, 3.05) is 0 Å². The van der Waals surface area contributed by atoms with Crippen LogP contribution >= 0.6 is 11.6 Å². The lowest BCUT2D eigenvalue weighted by atomic mass is 9.98. The predicted octanol–water partition coefficient (Wildman–Crippen LogP) is 5.51. The van der Waals surface area contributed by atoms with Gasteiger partial charge in [-0.2, -0.15) is 4.72 Å². The average molecular weight is 425 g/mol. The second kappa shape index (κ2) is 7.67. The first-order valence-corrected chi connectivity index (χ1v) is 11.1. The van der Waals surface area contributed by atoms with Crippen LogP contribution in [0.15, 0.2) is 77.8 Å². The Bertz CT molecular complexity index is 1280. The SMILES string of the molecule is Cc1ccc(S(=O)(=O)NC(c2ccccc2Cl)c2c[nH]c3c(C)cccc23)cc1. The zero-order chi connectivity index (χ0) is 20.6. The van der Waals surface area contributed by atoms with Gasteiger partial charge in [-0.1, -0.05) is 65.7 Å². The molecule has 0 aliphatic rings. The highest BCUT2D eigenvalue weighted by Crippen LogP contribution is 2.34. The van der Waals surface area contributed by atoms with E-state index in [2.05, 4.69) is 9.71 Å². The van der Waals surface area contributed by atoms with E-state index in [1.165, 1.54) is 0 Å². The van der Waals surface area contributed by atoms with Crippen LogP contribution in [-0.4, -0.2) is 13.4 Å². The number of hydrogen-bond donors (Lipinski definition) is 2. The van der Waals surface area contributed by atoms with Gasteiger partial charge in [0, 0.05) is 22.1 Å². The van der Waals surface area contributed by atoms with Crippen LogP contribution in [0.2, 0.25) is 5.02 Å². The molecule has 2 N–H and O–H groups in total. The van der Waals surface area contributed by atoms with Gasteiger partial charge in [0.15, 0.2) is 0 Å². The minimum absolute atomic E-state index is 0.219. The van der Waals surface area contributed by atoms with E-state index in [1.807, 2.05) is 56.4 Å². The summed E-state index contributed by atoms with van der Waals surface area (Å²) in [5.41, 5.74) is 4.60. The van der Waals surface area contributed by atoms with E-state index in [4.69, 9.17) is 11.6 Å². The summed E-state index contributed by atoms with van der Waals surface area (Å²) in [6.45, 7) is 3.94. The van der Waals surface area contributed by atoms with Crippen LogP contribution in [0.4, 0.5) is 0 Å². The third-order valence-electron chi connectivity index (χ3n) is 5.09. The van der Waals surface area contributed by atoms with Crippen LogP contribution < -0.4 is 4.72 Å². The molecule has 3 aromatic carbocycles. The number of H-pyrrole nitrogens is 1. The lowest BCUT2D eigenvalue weighted by Gasteiger charge is -2.20. The lowest BCUT2D eigenvalue weighted by Crippen LogP contribution is -2.29. The molecule has 29 heavy (non-hydrogen) atoms. The van der Waals surface area contributed by atoms with E-state index in [-0.39, 0.29) is 4.90 Å². The van der Waals surface area contributed by atoms with Crippen LogP contribution in [-0.2, 0) is 10.0 Å². The number of aromatic amines is 1. The number of hydrogen-bond acceptors (Lipinski definition) is 2. The molecule has 0 amide bonds. The summed E-state index contributed by atoms with van der Waals surface area (Å²) >= 11 is 6.47. The van der Waals surface area contributed by atoms with Crippen molar-refractivity contribution in [3.63, 3.8) is 0 Å². The first-order chi connectivity index (χ1) is 13.9. The number of rotatable bonds is 5. The average Bonchev–Trinajstić information content (AvgIpc) is 3.12. The quantitative estimate of drug-likeness (QED) is 0.444. The molecule has 0 spiro atoms. The number of para-hydroxylation sites is 1. The fourth-order valence-corrected chi connectivity index (χ4v) is 4.95. The Morgan fingerprint density at radius 1 is 0.897 bits per heavy atom. The summed E-state index contributed by atoms with van der Waals surface area (Å²) in [5, 5.41) is 1.47. The second-order valence-corrected chi connectivity index (χ2v) is 9.25. The van der Waals surface area contributed by atoms with Gasteiger partial charge in [-0.15, -0.1) is 0 Å². The molecule has 1 aromatic heterocycles. The number of fused-ring (bicyclic) bond motifs is 1. The van der Waals surface area contributed by atoms with Crippen molar-refractivity contribution in [3.8, 4) is 0 Å². The second-order valence-electron chi connectivity index (χ2n) is 7.13. The third kappa shape index (κ3) is 3.81. The topological polar surface area (TPSA) is 62.0 Å². The highest BCUT2D eigenvalue weighted by atomic mass is 35.5. The number of halogens is 1. The largest absolute Gasteiger partial charge is 0.361 e. The highest BCUT2D eigenvalue weighted by Gasteiger charge is 2.26. The van der Waals surface area contributed by atoms with Gasteiger partial charge in [-0.25, -0.2) is 8.42 Å². The Hall–Kier alpha value is -2.60. The Labute approximate surface area is 175 Å². The predicted molar refractivity (Wildman–Crippen MR) is 118 cm³/mol. The van der Waals surface area contributed by atoms with Gasteiger partial charge in [-0.05, 0) is 48.7 Å². The fraction of sp³-hybridized carbons (Fsp3) is 0.130. The summed E-state index contributed by atoms with van der Waals surface area (Å²) in [4.78, 5) is 3.50. The summed E-state index contributed by atoms with van der Waals surface area (Å²) in [7, 11) is -3.77. The molecule has 148 valence electrons. The molecule has 0 saturated carbocycles. The molecular weight excluding hydrogens is 404 g/mol. The number of benzene rings is 3. The third-order valence-corrected chi connectivity index (χ3v) is 6.87. The fourth-order valence-electron chi connectivity index (χ4n) is 3.51. The monoisotopic (exact) mass is 424 g/mol. The van der Waals surface area contributed by atoms with E-state index in [1.54, 1.807) is 30.3 Å². The summed E-state index contributed by atoms with van der Waals surface area (Å²) in [5.74, 6) is 0. The van der Waals surface area contributed by atoms with Crippen molar-refractivity contribution in [2.24, 2.45) is 0 Å². The van der Waals surface area contributed by atoms with Crippen molar-refractivity contribution in [2.45, 2.75) is 24.8 Å². The molecule has 1 atom stereocenters. The molecule has 0 aliphatic heterocycles. The van der Waals surface area contributed by atoms with E-state index < -0.39 is 16.1 Å². The zero-order valence-electron chi connectivity index (χ0n) is 16.1. The molecule has 0 radical (unpaired) electrons. The minimum atomic E-state index is -3.77. The van der Waals surface area contributed by atoms with E-state index in [9.17, 15) is 8.42 Å². The molecule has 4 aromatic rings. The molecule has 4 rings (SSSR count). The van der Waals surface area contributed by atoms with Gasteiger partial charge >= 0.3 is 0 Å². The maximum absolute atomic E-state index is 13.2. The van der Waals surface area contributed by atoms with Gasteiger partial charge in [0.25, 0.3) is 0 Å². The van der Waals surface area contributed by atoms with Crippen molar-refractivity contribution in [1.82, 2.24) is 9.71 Å². The summed E-state index contributed by atoms with van der Waals surface area (Å²) < 4.78 is 29.2. The maximum Gasteiger partial charge on any atom is 0.241 e. The van der Waals surface area contributed by atoms with Crippen molar-refractivity contribution >= 4 is 32.5 Å². The normalized spacial score (nSPS) is 12.9. The molecule has 0 aliphatic carbocycles. The van der Waals surface area contributed by atoms with Crippen LogP contribution in [0.5, 0.6) is 0 Å². The first kappa shape index (κ1) is 19.7. The zero-order valence-corrected chi connectivity index (χ0v) is 17.7. The summed E-state index contributed by atoms with van der Waals surface area (Å²) in [6.07, 6.45) is 1.85. The van der Waals surface area contributed by atoms with Crippen LogP contribution in [0.1, 0.15) is 28.3 Å². The maximum atomic E-state index is 13.2. The number of nitrogens with one attached hydrogen (secondary N) is 2. The number of aromatic nitrogens is 1. The number of sulfonamides is 1. The molecule has 0 fully saturated rings. The standard InChI is InChI=1S/C23H21ClN2O2S/c1-15-10-12-17(13-11-15)29(27,28)26-23(19-7-3-4-9-21(19)24)20-14-25-22-16(2)6-5-8-18(20)22/h3-14,23,25-26H,1-2H3. The smallest absolute Gasteiger partial charge is 0.241 e. The van der Waals surface area contributed by atoms with Gasteiger partial charge < -0.3 is 4.98 Å². The van der Waals surface area contributed by atoms with Gasteiger partial charge in [0.2, 0.25) is 10.0 Å². The van der Waals surface area contributed by atoms with Crippen molar-refractivity contribution < 1.29 is 8.42 Å². The highest BCUT2D eigenvalue weighted by molar-refractivity contribution is 7.89. The molecule has 1 unspecified atom stereocenters. The molecule has 0 saturated heterocycles. The van der Waals surface area contributed by atoms with E-state index in [0.717, 1.165) is 27.6 Å². The Morgan fingerprint density at radius 2 is 1.62 bits per heavy atom. The van der Waals surface area contributed by atoms with Gasteiger partial charge in [-0.3, -0.25) is 0 Å². The number of aryl methyl sites for hydroxylation is 2. The molecule has 6 heteroatoms. The molecule has 1 heterocycles. The van der Waals surface area contributed by atoms with Crippen LogP contribution in [0, 0.1) is 13.8 Å². The van der Waals surface area contributed by atoms with Crippen molar-refractivity contribution in [1.29, 1.82) is 0 Å². The summed E-state index contributed by atoms with van der Waals surface area (Å²) in [6, 6.07) is 19.4. The minimum Gasteiger partial charge on any atom is -0.361 e. The molecule has 4 nitrogen and oxygen atoms in total.